The summed E-state index contributed by atoms with van der Waals surface area (Å²) in [6.07, 6.45) is 4.76. The first-order valence-electron chi connectivity index (χ1n) is 6.89. The van der Waals surface area contributed by atoms with Gasteiger partial charge in [-0.2, -0.15) is 0 Å². The van der Waals surface area contributed by atoms with Crippen LogP contribution in [0.2, 0.25) is 0 Å². The van der Waals surface area contributed by atoms with Crippen molar-refractivity contribution in [3.63, 3.8) is 0 Å². The highest BCUT2D eigenvalue weighted by atomic mass is 16.2. The molecule has 20 heavy (non-hydrogen) atoms. The van der Waals surface area contributed by atoms with Crippen LogP contribution in [0.1, 0.15) is 37.4 Å². The molecule has 4 nitrogen and oxygen atoms in total. The first kappa shape index (κ1) is 12.8. The van der Waals surface area contributed by atoms with Gasteiger partial charge in [-0.3, -0.25) is 14.7 Å². The lowest BCUT2D eigenvalue weighted by molar-refractivity contribution is -0.118. The van der Waals surface area contributed by atoms with E-state index in [0.29, 0.717) is 12.3 Å². The van der Waals surface area contributed by atoms with E-state index in [0.717, 1.165) is 29.2 Å². The summed E-state index contributed by atoms with van der Waals surface area (Å²) in [5.74, 6) is 1.20. The zero-order valence-corrected chi connectivity index (χ0v) is 11.7. The molecule has 1 aliphatic heterocycles. The van der Waals surface area contributed by atoms with Crippen LogP contribution in [0, 0.1) is 0 Å². The Balaban J connectivity index is 2.02. The number of carbonyl (C=O) groups is 1. The summed E-state index contributed by atoms with van der Waals surface area (Å²) >= 11 is 0. The Morgan fingerprint density at radius 1 is 1.15 bits per heavy atom. The molecule has 0 aromatic carbocycles. The third kappa shape index (κ3) is 2.18. The molecule has 2 aromatic rings. The van der Waals surface area contributed by atoms with E-state index in [-0.39, 0.29) is 5.91 Å². The molecule has 3 rings (SSSR count). The number of amides is 1. The quantitative estimate of drug-likeness (QED) is 0.839. The van der Waals surface area contributed by atoms with Gasteiger partial charge in [0, 0.05) is 18.3 Å². The van der Waals surface area contributed by atoms with E-state index in [9.17, 15) is 4.79 Å². The fraction of sp³-hybridized carbons (Fsp3) is 0.312. The number of hydrogen-bond acceptors (Lipinski definition) is 3. The van der Waals surface area contributed by atoms with Crippen molar-refractivity contribution in [1.82, 2.24) is 9.97 Å². The predicted molar refractivity (Wildman–Crippen MR) is 78.0 cm³/mol. The van der Waals surface area contributed by atoms with Gasteiger partial charge in [-0.05, 0) is 36.1 Å². The normalized spacial score (nSPS) is 14.6. The van der Waals surface area contributed by atoms with E-state index in [1.54, 1.807) is 17.3 Å². The second-order valence-electron chi connectivity index (χ2n) is 5.31. The van der Waals surface area contributed by atoms with Crippen molar-refractivity contribution in [2.75, 3.05) is 4.90 Å². The molecule has 3 heterocycles. The van der Waals surface area contributed by atoms with Crippen molar-refractivity contribution < 1.29 is 4.79 Å². The second kappa shape index (κ2) is 5.04. The summed E-state index contributed by atoms with van der Waals surface area (Å²) in [7, 11) is 0. The van der Waals surface area contributed by atoms with Gasteiger partial charge < -0.3 is 0 Å². The van der Waals surface area contributed by atoms with Gasteiger partial charge in [-0.15, -0.1) is 0 Å². The lowest BCUT2D eigenvalue weighted by Crippen LogP contribution is -2.31. The number of anilines is 2. The molecule has 0 bridgehead atoms. The van der Waals surface area contributed by atoms with Crippen LogP contribution in [0.25, 0.3) is 0 Å². The Bertz CT molecular complexity index is 634. The van der Waals surface area contributed by atoms with Crippen molar-refractivity contribution in [3.05, 3.63) is 47.9 Å². The molecule has 0 N–H and O–H groups in total. The molecule has 0 atom stereocenters. The lowest BCUT2D eigenvalue weighted by Gasteiger charge is -2.27. The van der Waals surface area contributed by atoms with E-state index < -0.39 is 0 Å². The summed E-state index contributed by atoms with van der Waals surface area (Å²) in [6, 6.07) is 7.86. The average molecular weight is 267 g/mol. The highest BCUT2D eigenvalue weighted by Gasteiger charge is 2.26. The molecule has 0 aliphatic carbocycles. The average Bonchev–Trinajstić information content (AvgIpc) is 2.47. The Kier molecular flexibility index (Phi) is 3.22. The maximum atomic E-state index is 12.2. The second-order valence-corrected chi connectivity index (χ2v) is 5.31. The number of carbonyl (C=O) groups excluding carboxylic acids is 1. The number of pyridine rings is 2. The molecular formula is C16H17N3O. The van der Waals surface area contributed by atoms with Gasteiger partial charge in [0.15, 0.2) is 0 Å². The topological polar surface area (TPSA) is 46.1 Å². The number of aromatic nitrogens is 2. The lowest BCUT2D eigenvalue weighted by atomic mass is 10.0. The minimum Gasteiger partial charge on any atom is -0.274 e. The van der Waals surface area contributed by atoms with Gasteiger partial charge in [0.2, 0.25) is 5.91 Å². The van der Waals surface area contributed by atoms with E-state index >= 15 is 0 Å². The largest absolute Gasteiger partial charge is 0.274 e. The zero-order valence-electron chi connectivity index (χ0n) is 11.7. The monoisotopic (exact) mass is 267 g/mol. The van der Waals surface area contributed by atoms with E-state index in [1.165, 1.54) is 0 Å². The number of nitrogens with zero attached hydrogens (tertiary/aromatic N) is 3. The minimum absolute atomic E-state index is 0.0790. The molecule has 0 radical (unpaired) electrons. The number of aryl methyl sites for hydroxylation is 1. The smallest absolute Gasteiger partial charge is 0.233 e. The Labute approximate surface area is 118 Å². The van der Waals surface area contributed by atoms with Crippen LogP contribution >= 0.6 is 0 Å². The number of fused-ring (bicyclic) bond motifs is 1. The maximum absolute atomic E-state index is 12.2. The summed E-state index contributed by atoms with van der Waals surface area (Å²) in [4.78, 5) is 22.7. The van der Waals surface area contributed by atoms with Gasteiger partial charge in [-0.25, -0.2) is 4.98 Å². The highest BCUT2D eigenvalue weighted by molar-refractivity contribution is 6.01. The molecule has 4 heteroatoms. The Morgan fingerprint density at radius 2 is 2.00 bits per heavy atom. The number of hydrogen-bond donors (Lipinski definition) is 0. The zero-order chi connectivity index (χ0) is 14.1. The fourth-order valence-electron chi connectivity index (χ4n) is 2.44. The molecule has 1 amide bonds. The third-order valence-electron chi connectivity index (χ3n) is 3.56. The van der Waals surface area contributed by atoms with Crippen molar-refractivity contribution in [3.8, 4) is 0 Å². The summed E-state index contributed by atoms with van der Waals surface area (Å²) in [5.41, 5.74) is 2.93. The van der Waals surface area contributed by atoms with Gasteiger partial charge >= 0.3 is 0 Å². The van der Waals surface area contributed by atoms with Gasteiger partial charge in [-0.1, -0.05) is 19.9 Å². The molecule has 0 fully saturated rings. The molecule has 102 valence electrons. The highest BCUT2D eigenvalue weighted by Crippen LogP contribution is 2.32. The number of rotatable bonds is 2. The summed E-state index contributed by atoms with van der Waals surface area (Å²) in [5, 5.41) is 0. The van der Waals surface area contributed by atoms with Crippen LogP contribution < -0.4 is 4.90 Å². The maximum Gasteiger partial charge on any atom is 0.233 e. The van der Waals surface area contributed by atoms with Crippen molar-refractivity contribution >= 4 is 17.4 Å². The van der Waals surface area contributed by atoms with E-state index in [1.807, 2.05) is 24.3 Å². The Hall–Kier alpha value is -2.23. The van der Waals surface area contributed by atoms with Crippen LogP contribution in [-0.2, 0) is 11.2 Å². The molecular weight excluding hydrogens is 250 g/mol. The molecule has 0 saturated heterocycles. The van der Waals surface area contributed by atoms with Crippen LogP contribution in [0.3, 0.4) is 0 Å². The summed E-state index contributed by atoms with van der Waals surface area (Å²) < 4.78 is 0. The Morgan fingerprint density at radius 3 is 2.70 bits per heavy atom. The van der Waals surface area contributed by atoms with E-state index in [4.69, 9.17) is 0 Å². The predicted octanol–water partition coefficient (Wildman–Crippen LogP) is 3.21. The van der Waals surface area contributed by atoms with Crippen LogP contribution in [0.5, 0.6) is 0 Å². The van der Waals surface area contributed by atoms with Gasteiger partial charge in [0.25, 0.3) is 0 Å². The van der Waals surface area contributed by atoms with E-state index in [2.05, 4.69) is 23.8 Å². The molecule has 0 unspecified atom stereocenters. The molecule has 0 spiro atoms. The SMILES string of the molecule is CC(C)c1ccc(N2C(=O)CCc3cccnc32)cn1. The summed E-state index contributed by atoms with van der Waals surface area (Å²) in [6.45, 7) is 4.20. The third-order valence-corrected chi connectivity index (χ3v) is 3.56. The van der Waals surface area contributed by atoms with Crippen molar-refractivity contribution in [1.29, 1.82) is 0 Å². The van der Waals surface area contributed by atoms with Crippen LogP contribution in [0.4, 0.5) is 11.5 Å². The van der Waals surface area contributed by atoms with Gasteiger partial charge in [0.1, 0.15) is 5.82 Å². The minimum atomic E-state index is 0.0790. The van der Waals surface area contributed by atoms with Crippen LogP contribution in [-0.4, -0.2) is 15.9 Å². The molecule has 2 aromatic heterocycles. The first-order chi connectivity index (χ1) is 9.66. The van der Waals surface area contributed by atoms with Gasteiger partial charge in [0.05, 0.1) is 11.9 Å². The van der Waals surface area contributed by atoms with Crippen molar-refractivity contribution in [2.45, 2.75) is 32.6 Å². The molecule has 1 aliphatic rings. The first-order valence-corrected chi connectivity index (χ1v) is 6.89. The van der Waals surface area contributed by atoms with Crippen molar-refractivity contribution in [2.24, 2.45) is 0 Å². The standard InChI is InChI=1S/C16H17N3O/c1-11(2)14-7-6-13(10-18-14)19-15(20)8-5-12-4-3-9-17-16(12)19/h3-4,6-7,9-11H,5,8H2,1-2H3. The van der Waals surface area contributed by atoms with Crippen LogP contribution in [0.15, 0.2) is 36.7 Å². The fourth-order valence-corrected chi connectivity index (χ4v) is 2.44. The molecule has 0 saturated carbocycles.